The molecule has 0 saturated heterocycles. The first-order chi connectivity index (χ1) is 8.88. The summed E-state index contributed by atoms with van der Waals surface area (Å²) in [5, 5.41) is 11.8. The normalized spacial score (nSPS) is 12.7. The first-order valence-corrected chi connectivity index (χ1v) is 7.12. The van der Waals surface area contributed by atoms with Gasteiger partial charge in [0.1, 0.15) is 0 Å². The van der Waals surface area contributed by atoms with Crippen molar-refractivity contribution >= 4 is 11.9 Å². The van der Waals surface area contributed by atoms with Crippen molar-refractivity contribution in [3.8, 4) is 0 Å². The number of hydrogen-bond donors (Lipinski definition) is 2. The number of hydrogen-bond acceptors (Lipinski definition) is 3. The van der Waals surface area contributed by atoms with Gasteiger partial charge in [0.05, 0.1) is 12.6 Å². The Morgan fingerprint density at radius 3 is 2.32 bits per heavy atom. The van der Waals surface area contributed by atoms with Gasteiger partial charge in [0, 0.05) is 13.1 Å². The average molecular weight is 272 g/mol. The van der Waals surface area contributed by atoms with Gasteiger partial charge in [-0.2, -0.15) is 0 Å². The summed E-state index contributed by atoms with van der Waals surface area (Å²) in [5.41, 5.74) is 0. The number of carbonyl (C=O) groups is 2. The molecule has 112 valence electrons. The first-order valence-electron chi connectivity index (χ1n) is 7.12. The van der Waals surface area contributed by atoms with Crippen molar-refractivity contribution < 1.29 is 14.7 Å². The number of carboxylic acid groups (broad SMARTS) is 1. The quantitative estimate of drug-likeness (QED) is 0.594. The second-order valence-corrected chi connectivity index (χ2v) is 5.39. The smallest absolute Gasteiger partial charge is 0.317 e. The van der Waals surface area contributed by atoms with Crippen molar-refractivity contribution in [2.45, 2.75) is 53.0 Å². The highest BCUT2D eigenvalue weighted by atomic mass is 16.4. The molecule has 5 heteroatoms. The number of nitrogens with one attached hydrogen (secondary N) is 1. The van der Waals surface area contributed by atoms with Gasteiger partial charge in [-0.1, -0.05) is 33.6 Å². The number of rotatable bonds is 10. The molecule has 1 amide bonds. The van der Waals surface area contributed by atoms with Crippen LogP contribution >= 0.6 is 0 Å². The summed E-state index contributed by atoms with van der Waals surface area (Å²) >= 11 is 0. The minimum Gasteiger partial charge on any atom is -0.480 e. The van der Waals surface area contributed by atoms with Crippen LogP contribution < -0.4 is 5.32 Å². The van der Waals surface area contributed by atoms with E-state index in [1.165, 1.54) is 0 Å². The third kappa shape index (κ3) is 8.59. The molecule has 0 aliphatic heterocycles. The predicted octanol–water partition coefficient (Wildman–Crippen LogP) is 1.72. The Hall–Kier alpha value is -1.10. The van der Waals surface area contributed by atoms with Crippen LogP contribution in [0.25, 0.3) is 0 Å². The number of amides is 1. The maximum Gasteiger partial charge on any atom is 0.317 e. The van der Waals surface area contributed by atoms with Gasteiger partial charge in [-0.15, -0.1) is 0 Å². The van der Waals surface area contributed by atoms with Gasteiger partial charge in [-0.05, 0) is 19.3 Å². The molecule has 0 heterocycles. The van der Waals surface area contributed by atoms with Crippen LogP contribution in [0.3, 0.4) is 0 Å². The molecule has 0 spiro atoms. The Labute approximate surface area is 116 Å². The van der Waals surface area contributed by atoms with Gasteiger partial charge >= 0.3 is 5.97 Å². The molecule has 0 aliphatic carbocycles. The molecule has 2 N–H and O–H groups in total. The number of unbranched alkanes of at least 4 members (excludes halogenated alkanes) is 2. The minimum atomic E-state index is -0.897. The fourth-order valence-electron chi connectivity index (χ4n) is 1.90. The predicted molar refractivity (Wildman–Crippen MR) is 76.0 cm³/mol. The lowest BCUT2D eigenvalue weighted by Gasteiger charge is -2.28. The summed E-state index contributed by atoms with van der Waals surface area (Å²) in [6.45, 7) is 9.08. The minimum absolute atomic E-state index is 0.0852. The highest BCUT2D eigenvalue weighted by Gasteiger charge is 2.23. The zero-order chi connectivity index (χ0) is 14.8. The van der Waals surface area contributed by atoms with E-state index in [2.05, 4.69) is 12.2 Å². The highest BCUT2D eigenvalue weighted by Crippen LogP contribution is 2.05. The molecular formula is C14H28N2O3. The van der Waals surface area contributed by atoms with Crippen molar-refractivity contribution in [1.29, 1.82) is 0 Å². The molecule has 5 nitrogen and oxygen atoms in total. The van der Waals surface area contributed by atoms with E-state index in [0.29, 0.717) is 19.0 Å². The first kappa shape index (κ1) is 17.9. The maximum atomic E-state index is 12.0. The number of aliphatic carboxylic acids is 1. The van der Waals surface area contributed by atoms with Gasteiger partial charge in [0.15, 0.2) is 0 Å². The second kappa shape index (κ2) is 9.78. The summed E-state index contributed by atoms with van der Waals surface area (Å²) in [5.74, 6) is -0.654. The molecule has 0 aliphatic rings. The van der Waals surface area contributed by atoms with Crippen LogP contribution in [-0.2, 0) is 9.59 Å². The third-order valence-electron chi connectivity index (χ3n) is 2.94. The molecule has 0 aromatic rings. The largest absolute Gasteiger partial charge is 0.480 e. The van der Waals surface area contributed by atoms with Crippen LogP contribution in [0.5, 0.6) is 0 Å². The van der Waals surface area contributed by atoms with Gasteiger partial charge in [-0.25, -0.2) is 0 Å². The average Bonchev–Trinajstić information content (AvgIpc) is 2.31. The van der Waals surface area contributed by atoms with Crippen LogP contribution in [0.15, 0.2) is 0 Å². The molecule has 0 rings (SSSR count). The van der Waals surface area contributed by atoms with Crippen LogP contribution in [0.4, 0.5) is 0 Å². The lowest BCUT2D eigenvalue weighted by Crippen LogP contribution is -2.48. The van der Waals surface area contributed by atoms with E-state index in [1.54, 1.807) is 11.8 Å². The summed E-state index contributed by atoms with van der Waals surface area (Å²) in [6, 6.07) is -0.403. The lowest BCUT2D eigenvalue weighted by atomic mass is 10.1. The summed E-state index contributed by atoms with van der Waals surface area (Å²) < 4.78 is 0. The van der Waals surface area contributed by atoms with Crippen molar-refractivity contribution in [3.63, 3.8) is 0 Å². The van der Waals surface area contributed by atoms with E-state index in [4.69, 9.17) is 5.11 Å². The molecule has 0 radical (unpaired) electrons. The monoisotopic (exact) mass is 272 g/mol. The maximum absolute atomic E-state index is 12.0. The Morgan fingerprint density at radius 1 is 1.21 bits per heavy atom. The fourth-order valence-corrected chi connectivity index (χ4v) is 1.90. The Morgan fingerprint density at radius 2 is 1.84 bits per heavy atom. The van der Waals surface area contributed by atoms with E-state index in [0.717, 1.165) is 19.3 Å². The van der Waals surface area contributed by atoms with Gasteiger partial charge in [-0.3, -0.25) is 14.5 Å². The van der Waals surface area contributed by atoms with E-state index < -0.39 is 12.0 Å². The van der Waals surface area contributed by atoms with E-state index in [9.17, 15) is 9.59 Å². The van der Waals surface area contributed by atoms with Crippen LogP contribution in [0, 0.1) is 5.92 Å². The van der Waals surface area contributed by atoms with Gasteiger partial charge < -0.3 is 10.4 Å². The molecule has 19 heavy (non-hydrogen) atoms. The molecule has 0 saturated carbocycles. The van der Waals surface area contributed by atoms with Crippen molar-refractivity contribution in [2.75, 3.05) is 19.6 Å². The van der Waals surface area contributed by atoms with Crippen LogP contribution in [0.1, 0.15) is 47.0 Å². The van der Waals surface area contributed by atoms with Crippen molar-refractivity contribution in [1.82, 2.24) is 10.2 Å². The highest BCUT2D eigenvalue weighted by molar-refractivity contribution is 5.82. The van der Waals surface area contributed by atoms with Gasteiger partial charge in [0.25, 0.3) is 0 Å². The zero-order valence-corrected chi connectivity index (χ0v) is 12.6. The number of carbonyl (C=O) groups excluding carboxylic acids is 1. The fraction of sp³-hybridized carbons (Fsp3) is 0.857. The van der Waals surface area contributed by atoms with Crippen LogP contribution in [0.2, 0.25) is 0 Å². The molecule has 1 unspecified atom stereocenters. The Bertz CT molecular complexity index is 280. The Balaban J connectivity index is 4.30. The number of carboxylic acids is 1. The van der Waals surface area contributed by atoms with E-state index in [-0.39, 0.29) is 12.5 Å². The van der Waals surface area contributed by atoms with Gasteiger partial charge in [0.2, 0.25) is 5.91 Å². The molecule has 0 aromatic carbocycles. The molecule has 0 fully saturated rings. The van der Waals surface area contributed by atoms with Crippen molar-refractivity contribution in [2.24, 2.45) is 5.92 Å². The van der Waals surface area contributed by atoms with E-state index in [1.807, 2.05) is 13.8 Å². The van der Waals surface area contributed by atoms with Crippen LogP contribution in [-0.4, -0.2) is 47.6 Å². The molecular weight excluding hydrogens is 244 g/mol. The topological polar surface area (TPSA) is 69.6 Å². The summed E-state index contributed by atoms with van der Waals surface area (Å²) in [4.78, 5) is 24.5. The molecule has 1 atom stereocenters. The zero-order valence-electron chi connectivity index (χ0n) is 12.6. The third-order valence-corrected chi connectivity index (χ3v) is 2.94. The summed E-state index contributed by atoms with van der Waals surface area (Å²) in [7, 11) is 0. The SMILES string of the molecule is CCCCCNC(=O)C(C)N(CC(=O)O)CC(C)C. The molecule has 0 aromatic heterocycles. The number of nitrogens with zero attached hydrogens (tertiary/aromatic N) is 1. The summed E-state index contributed by atoms with van der Waals surface area (Å²) in [6.07, 6.45) is 3.18. The molecule has 0 bridgehead atoms. The van der Waals surface area contributed by atoms with E-state index >= 15 is 0 Å². The lowest BCUT2D eigenvalue weighted by molar-refractivity contribution is -0.140. The Kier molecular flexibility index (Phi) is 9.21. The second-order valence-electron chi connectivity index (χ2n) is 5.39. The standard InChI is InChI=1S/C14H28N2O3/c1-5-6-7-8-15-14(19)12(4)16(9-11(2)3)10-13(17)18/h11-12H,5-10H2,1-4H3,(H,15,19)(H,17,18). The van der Waals surface area contributed by atoms with Crippen molar-refractivity contribution in [3.05, 3.63) is 0 Å².